The summed E-state index contributed by atoms with van der Waals surface area (Å²) in [6.45, 7) is 0.171. The first-order valence-corrected chi connectivity index (χ1v) is 2.74. The van der Waals surface area contributed by atoms with Crippen LogP contribution in [-0.2, 0) is 6.54 Å². The highest BCUT2D eigenvalue weighted by molar-refractivity contribution is 5.10. The Morgan fingerprint density at radius 3 is 2.70 bits per heavy atom. The van der Waals surface area contributed by atoms with Crippen molar-refractivity contribution in [2.24, 2.45) is 5.73 Å². The zero-order valence-electron chi connectivity index (χ0n) is 5.14. The van der Waals surface area contributed by atoms with Crippen molar-refractivity contribution in [1.82, 2.24) is 4.98 Å². The molecule has 0 spiro atoms. The lowest BCUT2D eigenvalue weighted by Crippen LogP contribution is -1.99. The van der Waals surface area contributed by atoms with Gasteiger partial charge in [-0.15, -0.1) is 0 Å². The molecule has 0 aliphatic heterocycles. The zero-order chi connectivity index (χ0) is 7.56. The quantitative estimate of drug-likeness (QED) is 0.592. The Labute approximate surface area is 56.7 Å². The average Bonchev–Trinajstić information content (AvgIpc) is 1.95. The molecule has 0 bridgehead atoms. The summed E-state index contributed by atoms with van der Waals surface area (Å²) < 4.78 is 24.4. The van der Waals surface area contributed by atoms with E-state index >= 15 is 0 Å². The third kappa shape index (κ3) is 1.27. The van der Waals surface area contributed by atoms with Crippen molar-refractivity contribution in [2.75, 3.05) is 0 Å². The van der Waals surface area contributed by atoms with E-state index in [1.807, 2.05) is 0 Å². The van der Waals surface area contributed by atoms with Crippen molar-refractivity contribution >= 4 is 0 Å². The fourth-order valence-electron chi connectivity index (χ4n) is 0.572. The molecular weight excluding hydrogens is 138 g/mol. The van der Waals surface area contributed by atoms with Crippen molar-refractivity contribution in [1.29, 1.82) is 0 Å². The van der Waals surface area contributed by atoms with Gasteiger partial charge in [0.2, 0.25) is 5.95 Å². The van der Waals surface area contributed by atoms with Crippen LogP contribution in [0.1, 0.15) is 5.56 Å². The first-order valence-electron chi connectivity index (χ1n) is 2.74. The van der Waals surface area contributed by atoms with E-state index in [0.29, 0.717) is 5.56 Å². The smallest absolute Gasteiger partial charge is 0.248 e. The number of hydrogen-bond acceptors (Lipinski definition) is 2. The number of nitrogens with zero attached hydrogens (tertiary/aromatic N) is 1. The van der Waals surface area contributed by atoms with Crippen molar-refractivity contribution < 1.29 is 8.78 Å². The van der Waals surface area contributed by atoms with Gasteiger partial charge in [-0.2, -0.15) is 4.39 Å². The highest BCUT2D eigenvalue weighted by atomic mass is 19.2. The largest absolute Gasteiger partial charge is 0.326 e. The van der Waals surface area contributed by atoms with Gasteiger partial charge in [-0.3, -0.25) is 0 Å². The summed E-state index contributed by atoms with van der Waals surface area (Å²) >= 11 is 0. The van der Waals surface area contributed by atoms with E-state index in [4.69, 9.17) is 5.73 Å². The van der Waals surface area contributed by atoms with E-state index in [9.17, 15) is 8.78 Å². The molecule has 1 heterocycles. The second kappa shape index (κ2) is 2.70. The van der Waals surface area contributed by atoms with Crippen LogP contribution < -0.4 is 5.73 Å². The van der Waals surface area contributed by atoms with E-state index < -0.39 is 11.8 Å². The maximum Gasteiger partial charge on any atom is 0.248 e. The molecule has 1 rings (SSSR count). The van der Waals surface area contributed by atoms with E-state index in [1.54, 1.807) is 0 Å². The Hall–Kier alpha value is -1.03. The van der Waals surface area contributed by atoms with Gasteiger partial charge in [0.15, 0.2) is 5.82 Å². The monoisotopic (exact) mass is 144 g/mol. The molecule has 0 amide bonds. The van der Waals surface area contributed by atoms with Crippen molar-refractivity contribution in [2.45, 2.75) is 6.54 Å². The summed E-state index contributed by atoms with van der Waals surface area (Å²) in [5.41, 5.74) is 5.62. The van der Waals surface area contributed by atoms with Gasteiger partial charge in [0, 0.05) is 12.7 Å². The number of nitrogens with two attached hydrogens (primary N) is 1. The standard InChI is InChI=1S/C6H6F2N2/c7-5-1-4(2-9)3-10-6(5)8/h1,3H,2,9H2. The van der Waals surface area contributed by atoms with Gasteiger partial charge in [0.25, 0.3) is 0 Å². The molecule has 10 heavy (non-hydrogen) atoms. The van der Waals surface area contributed by atoms with E-state index in [2.05, 4.69) is 4.98 Å². The van der Waals surface area contributed by atoms with Crippen LogP contribution in [0, 0.1) is 11.8 Å². The fraction of sp³-hybridized carbons (Fsp3) is 0.167. The van der Waals surface area contributed by atoms with Gasteiger partial charge >= 0.3 is 0 Å². The molecule has 2 N–H and O–H groups in total. The minimum atomic E-state index is -1.09. The van der Waals surface area contributed by atoms with Crippen LogP contribution in [0.5, 0.6) is 0 Å². The predicted molar refractivity (Wildman–Crippen MR) is 32.0 cm³/mol. The van der Waals surface area contributed by atoms with Crippen LogP contribution >= 0.6 is 0 Å². The summed E-state index contributed by atoms with van der Waals surface area (Å²) in [6.07, 6.45) is 1.21. The second-order valence-corrected chi connectivity index (χ2v) is 1.82. The fourth-order valence-corrected chi connectivity index (χ4v) is 0.572. The van der Waals surface area contributed by atoms with E-state index in [-0.39, 0.29) is 6.54 Å². The Kier molecular flexibility index (Phi) is 1.91. The van der Waals surface area contributed by atoms with Crippen LogP contribution in [0.2, 0.25) is 0 Å². The first kappa shape index (κ1) is 7.08. The number of halogens is 2. The summed E-state index contributed by atoms with van der Waals surface area (Å²) in [7, 11) is 0. The normalized spacial score (nSPS) is 9.90. The van der Waals surface area contributed by atoms with Crippen LogP contribution in [0.25, 0.3) is 0 Å². The number of pyridine rings is 1. The lowest BCUT2D eigenvalue weighted by Gasteiger charge is -1.94. The molecule has 0 unspecified atom stereocenters. The molecule has 0 aliphatic rings. The summed E-state index contributed by atoms with van der Waals surface area (Å²) in [6, 6.07) is 1.03. The van der Waals surface area contributed by atoms with Crippen molar-refractivity contribution in [3.8, 4) is 0 Å². The highest BCUT2D eigenvalue weighted by Gasteiger charge is 2.01. The maximum atomic E-state index is 12.3. The highest BCUT2D eigenvalue weighted by Crippen LogP contribution is 2.03. The summed E-state index contributed by atoms with van der Waals surface area (Å²) in [4.78, 5) is 3.13. The molecule has 0 aliphatic carbocycles. The van der Waals surface area contributed by atoms with E-state index in [0.717, 1.165) is 6.07 Å². The minimum absolute atomic E-state index is 0.171. The predicted octanol–water partition coefficient (Wildman–Crippen LogP) is 0.819. The lowest BCUT2D eigenvalue weighted by molar-refractivity contribution is 0.477. The molecule has 1 aromatic heterocycles. The molecule has 1 aromatic rings. The van der Waals surface area contributed by atoms with Gasteiger partial charge in [0.1, 0.15) is 0 Å². The number of hydrogen-bond donors (Lipinski definition) is 1. The second-order valence-electron chi connectivity index (χ2n) is 1.82. The summed E-state index contributed by atoms with van der Waals surface area (Å²) in [5.74, 6) is -2.04. The Balaban J connectivity index is 3.04. The van der Waals surface area contributed by atoms with Gasteiger partial charge in [-0.05, 0) is 11.6 Å². The third-order valence-electron chi connectivity index (χ3n) is 1.09. The maximum absolute atomic E-state index is 12.3. The lowest BCUT2D eigenvalue weighted by atomic mass is 10.3. The van der Waals surface area contributed by atoms with Crippen LogP contribution in [0.3, 0.4) is 0 Å². The van der Waals surface area contributed by atoms with Crippen LogP contribution in [0.15, 0.2) is 12.3 Å². The SMILES string of the molecule is NCc1cnc(F)c(F)c1. The van der Waals surface area contributed by atoms with Gasteiger partial charge in [-0.25, -0.2) is 9.37 Å². The molecule has 0 saturated carbocycles. The van der Waals surface area contributed by atoms with Crippen LogP contribution in [0.4, 0.5) is 8.78 Å². The topological polar surface area (TPSA) is 38.9 Å². The zero-order valence-corrected chi connectivity index (χ0v) is 5.14. The third-order valence-corrected chi connectivity index (χ3v) is 1.09. The molecule has 0 radical (unpaired) electrons. The molecule has 54 valence electrons. The van der Waals surface area contributed by atoms with Gasteiger partial charge < -0.3 is 5.73 Å². The van der Waals surface area contributed by atoms with Crippen molar-refractivity contribution in [3.05, 3.63) is 29.6 Å². The first-order chi connectivity index (χ1) is 4.74. The van der Waals surface area contributed by atoms with Crippen molar-refractivity contribution in [3.63, 3.8) is 0 Å². The molecule has 0 atom stereocenters. The average molecular weight is 144 g/mol. The molecule has 0 aromatic carbocycles. The van der Waals surface area contributed by atoms with Gasteiger partial charge in [0.05, 0.1) is 0 Å². The molecule has 0 saturated heterocycles. The molecule has 0 fully saturated rings. The van der Waals surface area contributed by atoms with Gasteiger partial charge in [-0.1, -0.05) is 0 Å². The Morgan fingerprint density at radius 1 is 1.50 bits per heavy atom. The molecule has 4 heteroatoms. The van der Waals surface area contributed by atoms with Crippen LogP contribution in [-0.4, -0.2) is 4.98 Å². The Morgan fingerprint density at radius 2 is 2.20 bits per heavy atom. The molecular formula is C6H6F2N2. The number of rotatable bonds is 1. The summed E-state index contributed by atoms with van der Waals surface area (Å²) in [5, 5.41) is 0. The molecule has 2 nitrogen and oxygen atoms in total. The number of aromatic nitrogens is 1. The minimum Gasteiger partial charge on any atom is -0.326 e. The van der Waals surface area contributed by atoms with E-state index in [1.165, 1.54) is 6.20 Å². The Bertz CT molecular complexity index is 237.